The SMILES string of the molecule is Cc1ccc(C)c(NC(=O)CSc2nnc3ccc(-c4ccccc4)nn23)c1. The minimum Gasteiger partial charge on any atom is -0.325 e. The molecule has 2 aromatic carbocycles. The molecule has 0 bridgehead atoms. The lowest BCUT2D eigenvalue weighted by Gasteiger charge is -2.09. The number of carbonyl (C=O) groups excluding carboxylic acids is 1. The molecule has 4 aromatic rings. The Bertz CT molecular complexity index is 1140. The maximum Gasteiger partial charge on any atom is 0.234 e. The van der Waals surface area contributed by atoms with Crippen LogP contribution in [0.2, 0.25) is 0 Å². The molecule has 2 aromatic heterocycles. The summed E-state index contributed by atoms with van der Waals surface area (Å²) >= 11 is 1.31. The van der Waals surface area contributed by atoms with Crippen molar-refractivity contribution in [2.24, 2.45) is 0 Å². The van der Waals surface area contributed by atoms with Crippen molar-refractivity contribution in [3.63, 3.8) is 0 Å². The molecule has 0 saturated heterocycles. The fourth-order valence-electron chi connectivity index (χ4n) is 2.81. The van der Waals surface area contributed by atoms with E-state index in [9.17, 15) is 4.79 Å². The first kappa shape index (κ1) is 18.2. The van der Waals surface area contributed by atoms with Crippen LogP contribution in [0.1, 0.15) is 11.1 Å². The smallest absolute Gasteiger partial charge is 0.234 e. The zero-order chi connectivity index (χ0) is 19.5. The first-order valence-corrected chi connectivity index (χ1v) is 9.86. The summed E-state index contributed by atoms with van der Waals surface area (Å²) in [6.45, 7) is 3.98. The van der Waals surface area contributed by atoms with Crippen LogP contribution in [0, 0.1) is 13.8 Å². The summed E-state index contributed by atoms with van der Waals surface area (Å²) < 4.78 is 1.68. The Balaban J connectivity index is 1.50. The summed E-state index contributed by atoms with van der Waals surface area (Å²) in [4.78, 5) is 12.4. The Morgan fingerprint density at radius 3 is 2.68 bits per heavy atom. The van der Waals surface area contributed by atoms with E-state index < -0.39 is 0 Å². The van der Waals surface area contributed by atoms with Crippen LogP contribution in [0.25, 0.3) is 16.9 Å². The highest BCUT2D eigenvalue weighted by molar-refractivity contribution is 7.99. The number of hydrogen-bond donors (Lipinski definition) is 1. The minimum atomic E-state index is -0.0883. The average molecular weight is 389 g/mol. The third kappa shape index (κ3) is 3.89. The van der Waals surface area contributed by atoms with Crippen LogP contribution in [0.15, 0.2) is 65.8 Å². The van der Waals surface area contributed by atoms with Gasteiger partial charge in [0.05, 0.1) is 11.4 Å². The van der Waals surface area contributed by atoms with Gasteiger partial charge in [-0.1, -0.05) is 54.2 Å². The lowest BCUT2D eigenvalue weighted by Crippen LogP contribution is -2.15. The van der Waals surface area contributed by atoms with E-state index in [1.165, 1.54) is 11.8 Å². The predicted molar refractivity (Wildman–Crippen MR) is 111 cm³/mol. The van der Waals surface area contributed by atoms with Crippen molar-refractivity contribution in [1.82, 2.24) is 19.8 Å². The van der Waals surface area contributed by atoms with Gasteiger partial charge < -0.3 is 5.32 Å². The molecular weight excluding hydrogens is 370 g/mol. The summed E-state index contributed by atoms with van der Waals surface area (Å²) in [5, 5.41) is 16.5. The fraction of sp³-hybridized carbons (Fsp3) is 0.143. The highest BCUT2D eigenvalue weighted by Gasteiger charge is 2.12. The lowest BCUT2D eigenvalue weighted by atomic mass is 10.1. The van der Waals surface area contributed by atoms with E-state index in [2.05, 4.69) is 20.6 Å². The normalized spacial score (nSPS) is 10.9. The van der Waals surface area contributed by atoms with E-state index in [-0.39, 0.29) is 11.7 Å². The highest BCUT2D eigenvalue weighted by Crippen LogP contribution is 2.21. The predicted octanol–water partition coefficient (Wildman–Crippen LogP) is 4.14. The largest absolute Gasteiger partial charge is 0.325 e. The van der Waals surface area contributed by atoms with Crippen LogP contribution < -0.4 is 5.32 Å². The molecule has 28 heavy (non-hydrogen) atoms. The van der Waals surface area contributed by atoms with E-state index in [0.717, 1.165) is 28.1 Å². The molecule has 0 spiro atoms. The van der Waals surface area contributed by atoms with Gasteiger partial charge in [0, 0.05) is 11.3 Å². The van der Waals surface area contributed by atoms with Gasteiger partial charge in [-0.05, 0) is 43.2 Å². The van der Waals surface area contributed by atoms with Crippen LogP contribution in [0.3, 0.4) is 0 Å². The Labute approximate surface area is 167 Å². The molecule has 1 amide bonds. The summed E-state index contributed by atoms with van der Waals surface area (Å²) in [6, 6.07) is 19.7. The topological polar surface area (TPSA) is 72.2 Å². The molecule has 2 heterocycles. The molecule has 0 atom stereocenters. The third-order valence-electron chi connectivity index (χ3n) is 4.30. The number of carbonyl (C=O) groups is 1. The van der Waals surface area contributed by atoms with Gasteiger partial charge in [-0.3, -0.25) is 4.79 Å². The Morgan fingerprint density at radius 1 is 1.04 bits per heavy atom. The van der Waals surface area contributed by atoms with E-state index in [4.69, 9.17) is 0 Å². The maximum absolute atomic E-state index is 12.4. The van der Waals surface area contributed by atoms with Crippen molar-refractivity contribution >= 4 is 29.0 Å². The second-order valence-corrected chi connectivity index (χ2v) is 7.43. The van der Waals surface area contributed by atoms with Crippen LogP contribution in [-0.4, -0.2) is 31.5 Å². The Morgan fingerprint density at radius 2 is 1.86 bits per heavy atom. The van der Waals surface area contributed by atoms with Crippen LogP contribution in [-0.2, 0) is 4.79 Å². The van der Waals surface area contributed by atoms with Gasteiger partial charge >= 0.3 is 0 Å². The fourth-order valence-corrected chi connectivity index (χ4v) is 3.50. The molecule has 140 valence electrons. The number of amides is 1. The van der Waals surface area contributed by atoms with E-state index in [0.29, 0.717) is 10.8 Å². The number of fused-ring (bicyclic) bond motifs is 1. The molecule has 0 unspecified atom stereocenters. The lowest BCUT2D eigenvalue weighted by molar-refractivity contribution is -0.113. The van der Waals surface area contributed by atoms with Gasteiger partial charge in [0.15, 0.2) is 5.65 Å². The van der Waals surface area contributed by atoms with Gasteiger partial charge in [0.1, 0.15) is 0 Å². The van der Waals surface area contributed by atoms with E-state index in [1.807, 2.05) is 74.5 Å². The first-order chi connectivity index (χ1) is 13.6. The summed E-state index contributed by atoms with van der Waals surface area (Å²) in [5.41, 5.74) is 5.47. The van der Waals surface area contributed by atoms with E-state index in [1.54, 1.807) is 4.52 Å². The zero-order valence-corrected chi connectivity index (χ0v) is 16.4. The first-order valence-electron chi connectivity index (χ1n) is 8.88. The van der Waals surface area contributed by atoms with Gasteiger partial charge in [-0.15, -0.1) is 10.2 Å². The molecule has 0 aliphatic rings. The van der Waals surface area contributed by atoms with Crippen LogP contribution in [0.5, 0.6) is 0 Å². The number of thioether (sulfide) groups is 1. The number of nitrogens with zero attached hydrogens (tertiary/aromatic N) is 4. The van der Waals surface area contributed by atoms with Crippen molar-refractivity contribution in [1.29, 1.82) is 0 Å². The van der Waals surface area contributed by atoms with Gasteiger partial charge in [0.2, 0.25) is 11.1 Å². The second kappa shape index (κ2) is 7.82. The van der Waals surface area contributed by atoms with Crippen molar-refractivity contribution in [2.45, 2.75) is 19.0 Å². The summed E-state index contributed by atoms with van der Waals surface area (Å²) in [5.74, 6) is 0.139. The molecule has 0 saturated carbocycles. The van der Waals surface area contributed by atoms with Crippen LogP contribution in [0.4, 0.5) is 5.69 Å². The number of aryl methyl sites for hydroxylation is 2. The van der Waals surface area contributed by atoms with Gasteiger partial charge in [-0.25, -0.2) is 0 Å². The molecule has 4 rings (SSSR count). The van der Waals surface area contributed by atoms with Crippen molar-refractivity contribution in [3.8, 4) is 11.3 Å². The number of anilines is 1. The third-order valence-corrected chi connectivity index (χ3v) is 5.22. The second-order valence-electron chi connectivity index (χ2n) is 6.49. The van der Waals surface area contributed by atoms with Crippen molar-refractivity contribution in [2.75, 3.05) is 11.1 Å². The average Bonchev–Trinajstić information content (AvgIpc) is 3.12. The minimum absolute atomic E-state index is 0.0883. The van der Waals surface area contributed by atoms with Crippen molar-refractivity contribution in [3.05, 3.63) is 71.8 Å². The molecule has 1 N–H and O–H groups in total. The molecule has 6 nitrogen and oxygen atoms in total. The number of nitrogens with one attached hydrogen (secondary N) is 1. The highest BCUT2D eigenvalue weighted by atomic mass is 32.2. The van der Waals surface area contributed by atoms with Crippen LogP contribution >= 0.6 is 11.8 Å². The Kier molecular flexibility index (Phi) is 5.08. The molecule has 0 fully saturated rings. The number of aromatic nitrogens is 4. The van der Waals surface area contributed by atoms with Gasteiger partial charge in [0.25, 0.3) is 0 Å². The standard InChI is InChI=1S/C21H19N5OS/c1-14-8-9-15(2)18(12-14)22-20(27)13-28-21-24-23-19-11-10-17(25-26(19)21)16-6-4-3-5-7-16/h3-12H,13H2,1-2H3,(H,22,27). The van der Waals surface area contributed by atoms with Gasteiger partial charge in [-0.2, -0.15) is 9.61 Å². The molecule has 0 radical (unpaired) electrons. The molecule has 7 heteroatoms. The van der Waals surface area contributed by atoms with Crippen molar-refractivity contribution < 1.29 is 4.79 Å². The maximum atomic E-state index is 12.4. The summed E-state index contributed by atoms with van der Waals surface area (Å²) in [6.07, 6.45) is 0. The monoisotopic (exact) mass is 389 g/mol. The quantitative estimate of drug-likeness (QED) is 0.520. The number of rotatable bonds is 5. The Hall–Kier alpha value is -3.19. The molecular formula is C21H19N5OS. The molecule has 0 aliphatic heterocycles. The number of benzene rings is 2. The van der Waals surface area contributed by atoms with E-state index >= 15 is 0 Å². The zero-order valence-electron chi connectivity index (χ0n) is 15.6. The molecule has 0 aliphatic carbocycles. The summed E-state index contributed by atoms with van der Waals surface area (Å²) in [7, 11) is 0. The number of hydrogen-bond acceptors (Lipinski definition) is 5.